The molecule has 2 heteroatoms. The van der Waals surface area contributed by atoms with Crippen LogP contribution in [0.2, 0.25) is 0 Å². The second-order valence-corrected chi connectivity index (χ2v) is 4.65. The van der Waals surface area contributed by atoms with E-state index in [1.165, 1.54) is 22.3 Å². The van der Waals surface area contributed by atoms with Crippen molar-refractivity contribution in [1.29, 1.82) is 0 Å². The number of hydrogen-bond acceptors (Lipinski definition) is 1. The Kier molecular flexibility index (Phi) is 2.63. The van der Waals surface area contributed by atoms with E-state index in [2.05, 4.69) is 59.8 Å². The summed E-state index contributed by atoms with van der Waals surface area (Å²) in [5.74, 6) is 0. The van der Waals surface area contributed by atoms with Crippen molar-refractivity contribution in [2.45, 2.75) is 20.4 Å². The maximum atomic E-state index is 4.48. The number of hydrogen-bond donors (Lipinski definition) is 0. The highest BCUT2D eigenvalue weighted by Crippen LogP contribution is 2.23. The van der Waals surface area contributed by atoms with Gasteiger partial charge in [-0.3, -0.25) is 4.98 Å². The number of nitrogens with zero attached hydrogens (tertiary/aromatic N) is 2. The third-order valence-electron chi connectivity index (χ3n) is 3.56. The Morgan fingerprint density at radius 3 is 2.56 bits per heavy atom. The van der Waals surface area contributed by atoms with E-state index in [0.717, 1.165) is 12.1 Å². The minimum Gasteiger partial charge on any atom is -0.339 e. The van der Waals surface area contributed by atoms with Crippen molar-refractivity contribution in [2.75, 3.05) is 0 Å². The minimum absolute atomic E-state index is 0.905. The summed E-state index contributed by atoms with van der Waals surface area (Å²) in [5, 5.41) is 0. The van der Waals surface area contributed by atoms with E-state index in [1.54, 1.807) is 0 Å². The van der Waals surface area contributed by atoms with Gasteiger partial charge in [-0.2, -0.15) is 0 Å². The van der Waals surface area contributed by atoms with Crippen molar-refractivity contribution in [3.05, 3.63) is 65.5 Å². The van der Waals surface area contributed by atoms with Crippen LogP contribution in [0.1, 0.15) is 16.8 Å². The molecule has 2 nitrogen and oxygen atoms in total. The molecule has 0 radical (unpaired) electrons. The number of aryl methyl sites for hydroxylation is 1. The maximum Gasteiger partial charge on any atom is 0.0912 e. The zero-order chi connectivity index (χ0) is 12.5. The van der Waals surface area contributed by atoms with E-state index >= 15 is 0 Å². The molecule has 0 spiro atoms. The van der Waals surface area contributed by atoms with Crippen molar-refractivity contribution < 1.29 is 0 Å². The van der Waals surface area contributed by atoms with Gasteiger partial charge in [-0.25, -0.2) is 0 Å². The van der Waals surface area contributed by atoms with Gasteiger partial charge in [0.05, 0.1) is 11.0 Å². The van der Waals surface area contributed by atoms with Gasteiger partial charge in [0.2, 0.25) is 0 Å². The van der Waals surface area contributed by atoms with Crippen LogP contribution in [0, 0.1) is 13.8 Å². The lowest BCUT2D eigenvalue weighted by atomic mass is 10.2. The zero-order valence-electron chi connectivity index (χ0n) is 10.7. The highest BCUT2D eigenvalue weighted by molar-refractivity contribution is 5.81. The maximum absolute atomic E-state index is 4.48. The fourth-order valence-electron chi connectivity index (χ4n) is 2.43. The third kappa shape index (κ3) is 1.70. The number of benzene rings is 1. The van der Waals surface area contributed by atoms with Gasteiger partial charge >= 0.3 is 0 Å². The summed E-state index contributed by atoms with van der Waals surface area (Å²) in [4.78, 5) is 4.48. The van der Waals surface area contributed by atoms with Gasteiger partial charge in [0, 0.05) is 18.4 Å². The fraction of sp³-hybridized carbons (Fsp3) is 0.188. The summed E-state index contributed by atoms with van der Waals surface area (Å²) in [6.45, 7) is 5.22. The average Bonchev–Trinajstić information content (AvgIpc) is 2.66. The van der Waals surface area contributed by atoms with Gasteiger partial charge in [0.15, 0.2) is 0 Å². The monoisotopic (exact) mass is 236 g/mol. The summed E-state index contributed by atoms with van der Waals surface area (Å²) < 4.78 is 2.34. The van der Waals surface area contributed by atoms with Gasteiger partial charge in [-0.15, -0.1) is 0 Å². The molecule has 18 heavy (non-hydrogen) atoms. The normalized spacial score (nSPS) is 11.0. The number of fused-ring (bicyclic) bond motifs is 1. The van der Waals surface area contributed by atoms with Crippen LogP contribution >= 0.6 is 0 Å². The van der Waals surface area contributed by atoms with Crippen molar-refractivity contribution >= 4 is 11.0 Å². The molecule has 90 valence electrons. The molecule has 2 aromatic heterocycles. The lowest BCUT2D eigenvalue weighted by molar-refractivity contribution is 0.801. The van der Waals surface area contributed by atoms with E-state index in [-0.39, 0.29) is 0 Å². The predicted molar refractivity (Wildman–Crippen MR) is 74.8 cm³/mol. The van der Waals surface area contributed by atoms with Gasteiger partial charge in [-0.1, -0.05) is 30.3 Å². The molecular weight excluding hydrogens is 220 g/mol. The lowest BCUT2D eigenvalue weighted by Gasteiger charge is -2.08. The molecule has 0 saturated carbocycles. The van der Waals surface area contributed by atoms with Crippen LogP contribution in [0.5, 0.6) is 0 Å². The Bertz CT molecular complexity index is 681. The first-order valence-corrected chi connectivity index (χ1v) is 6.21. The standard InChI is InChI=1S/C16H16N2/c1-12-13(2)18(11-14-7-4-3-5-8-14)15-9-6-10-17-16(12)15/h3-10H,11H2,1-2H3. The van der Waals surface area contributed by atoms with Crippen molar-refractivity contribution in [2.24, 2.45) is 0 Å². The molecule has 2 heterocycles. The molecule has 3 rings (SSSR count). The smallest absolute Gasteiger partial charge is 0.0912 e. The number of pyridine rings is 1. The highest BCUT2D eigenvalue weighted by atomic mass is 15.0. The van der Waals surface area contributed by atoms with Gasteiger partial charge in [-0.05, 0) is 37.1 Å². The van der Waals surface area contributed by atoms with E-state index in [9.17, 15) is 0 Å². The minimum atomic E-state index is 0.905. The molecule has 0 unspecified atom stereocenters. The molecule has 1 aromatic carbocycles. The SMILES string of the molecule is Cc1c(C)n(Cc2ccccc2)c2cccnc12. The van der Waals surface area contributed by atoms with Crippen LogP contribution in [-0.4, -0.2) is 9.55 Å². The van der Waals surface area contributed by atoms with Crippen molar-refractivity contribution in [3.8, 4) is 0 Å². The van der Waals surface area contributed by atoms with Crippen LogP contribution < -0.4 is 0 Å². The molecule has 0 N–H and O–H groups in total. The summed E-state index contributed by atoms with van der Waals surface area (Å²) in [5.41, 5.74) is 6.23. The molecule has 0 fully saturated rings. The van der Waals surface area contributed by atoms with Crippen LogP contribution in [0.4, 0.5) is 0 Å². The molecule has 0 amide bonds. The predicted octanol–water partition coefficient (Wildman–Crippen LogP) is 3.70. The molecule has 0 aliphatic heterocycles. The summed E-state index contributed by atoms with van der Waals surface area (Å²) in [7, 11) is 0. The van der Waals surface area contributed by atoms with E-state index < -0.39 is 0 Å². The largest absolute Gasteiger partial charge is 0.339 e. The quantitative estimate of drug-likeness (QED) is 0.663. The fourth-order valence-corrected chi connectivity index (χ4v) is 2.43. The van der Waals surface area contributed by atoms with Crippen LogP contribution in [0.25, 0.3) is 11.0 Å². The van der Waals surface area contributed by atoms with Crippen LogP contribution in [0.3, 0.4) is 0 Å². The topological polar surface area (TPSA) is 17.8 Å². The molecule has 0 saturated heterocycles. The number of aromatic nitrogens is 2. The van der Waals surface area contributed by atoms with Gasteiger partial charge < -0.3 is 4.57 Å². The third-order valence-corrected chi connectivity index (χ3v) is 3.56. The molecule has 0 aliphatic rings. The average molecular weight is 236 g/mol. The first-order chi connectivity index (χ1) is 8.77. The first kappa shape index (κ1) is 11.0. The lowest BCUT2D eigenvalue weighted by Crippen LogP contribution is -2.01. The Morgan fingerprint density at radius 1 is 1.00 bits per heavy atom. The van der Waals surface area contributed by atoms with E-state index in [4.69, 9.17) is 0 Å². The number of rotatable bonds is 2. The highest BCUT2D eigenvalue weighted by Gasteiger charge is 2.11. The summed E-state index contributed by atoms with van der Waals surface area (Å²) >= 11 is 0. The Balaban J connectivity index is 2.15. The Labute approximate surface area is 107 Å². The molecule has 0 atom stereocenters. The second-order valence-electron chi connectivity index (χ2n) is 4.65. The van der Waals surface area contributed by atoms with Gasteiger partial charge in [0.25, 0.3) is 0 Å². The molecular formula is C16H16N2. The second kappa shape index (κ2) is 4.30. The first-order valence-electron chi connectivity index (χ1n) is 6.21. The van der Waals surface area contributed by atoms with Crippen molar-refractivity contribution in [1.82, 2.24) is 9.55 Å². The van der Waals surface area contributed by atoms with Crippen molar-refractivity contribution in [3.63, 3.8) is 0 Å². The molecule has 3 aromatic rings. The summed E-state index contributed by atoms with van der Waals surface area (Å²) in [6, 6.07) is 14.7. The van der Waals surface area contributed by atoms with Crippen LogP contribution in [0.15, 0.2) is 48.7 Å². The van der Waals surface area contributed by atoms with E-state index in [1.807, 2.05) is 12.3 Å². The van der Waals surface area contributed by atoms with E-state index in [0.29, 0.717) is 0 Å². The molecule has 0 bridgehead atoms. The Morgan fingerprint density at radius 2 is 1.78 bits per heavy atom. The summed E-state index contributed by atoms with van der Waals surface area (Å²) in [6.07, 6.45) is 1.86. The Hall–Kier alpha value is -2.09. The van der Waals surface area contributed by atoms with Crippen LogP contribution in [-0.2, 0) is 6.54 Å². The van der Waals surface area contributed by atoms with Gasteiger partial charge in [0.1, 0.15) is 0 Å². The zero-order valence-corrected chi connectivity index (χ0v) is 10.7. The molecule has 0 aliphatic carbocycles.